The van der Waals surface area contributed by atoms with Gasteiger partial charge in [-0.15, -0.1) is 0 Å². The van der Waals surface area contributed by atoms with Crippen LogP contribution in [-0.4, -0.2) is 37.1 Å². The van der Waals surface area contributed by atoms with E-state index in [1.807, 2.05) is 66.7 Å². The molecule has 0 aliphatic carbocycles. The fourth-order valence-electron chi connectivity index (χ4n) is 3.50. The van der Waals surface area contributed by atoms with Crippen molar-refractivity contribution in [1.29, 1.82) is 0 Å². The number of carbonyl (C=O) groups excluding carboxylic acids is 1. The molecule has 1 fully saturated rings. The molecular formula is C26H25ClN2O2. The van der Waals surface area contributed by atoms with Crippen LogP contribution in [0, 0.1) is 0 Å². The standard InChI is InChI=1S/C26H25ClN2O2/c27-24-10-6-22(7-11-24)23-8-12-25(13-9-23)28-26(30)14-5-20-1-3-21(4-2-20)19-29-15-17-31-18-16-29/h1-14H,15-19H2,(H,28,30). The normalized spacial score (nSPS) is 14.6. The van der Waals surface area contributed by atoms with Crippen molar-refractivity contribution in [1.82, 2.24) is 4.90 Å². The van der Waals surface area contributed by atoms with Crippen LogP contribution in [0.5, 0.6) is 0 Å². The Morgan fingerprint density at radius 3 is 2.16 bits per heavy atom. The van der Waals surface area contributed by atoms with Crippen LogP contribution in [-0.2, 0) is 16.1 Å². The SMILES string of the molecule is O=C(C=Cc1ccc(CN2CCOCC2)cc1)Nc1ccc(-c2ccc(Cl)cc2)cc1. The van der Waals surface area contributed by atoms with E-state index in [2.05, 4.69) is 22.3 Å². The number of amides is 1. The Labute approximate surface area is 188 Å². The predicted molar refractivity (Wildman–Crippen MR) is 127 cm³/mol. The van der Waals surface area contributed by atoms with Gasteiger partial charge in [0.1, 0.15) is 0 Å². The van der Waals surface area contributed by atoms with Gasteiger partial charge in [-0.3, -0.25) is 9.69 Å². The molecule has 0 unspecified atom stereocenters. The molecule has 158 valence electrons. The molecule has 1 amide bonds. The zero-order chi connectivity index (χ0) is 21.5. The minimum atomic E-state index is -0.156. The number of nitrogens with one attached hydrogen (secondary N) is 1. The van der Waals surface area contributed by atoms with Crippen LogP contribution in [0.25, 0.3) is 17.2 Å². The molecule has 1 aliphatic rings. The summed E-state index contributed by atoms with van der Waals surface area (Å²) in [6.07, 6.45) is 3.39. The summed E-state index contributed by atoms with van der Waals surface area (Å²) in [6.45, 7) is 4.49. The fraction of sp³-hybridized carbons (Fsp3) is 0.192. The van der Waals surface area contributed by atoms with Crippen LogP contribution in [0.2, 0.25) is 5.02 Å². The molecule has 0 radical (unpaired) electrons. The van der Waals surface area contributed by atoms with Gasteiger partial charge >= 0.3 is 0 Å². The number of morpholine rings is 1. The zero-order valence-corrected chi connectivity index (χ0v) is 18.0. The number of hydrogen-bond acceptors (Lipinski definition) is 3. The third-order valence-electron chi connectivity index (χ3n) is 5.25. The predicted octanol–water partition coefficient (Wildman–Crippen LogP) is 5.49. The molecule has 0 bridgehead atoms. The maximum atomic E-state index is 12.3. The molecule has 0 saturated carbocycles. The summed E-state index contributed by atoms with van der Waals surface area (Å²) in [5, 5.41) is 3.61. The van der Waals surface area contributed by atoms with Gasteiger partial charge in [0.05, 0.1) is 13.2 Å². The summed E-state index contributed by atoms with van der Waals surface area (Å²) in [6, 6.07) is 23.8. The van der Waals surface area contributed by atoms with Gasteiger partial charge in [0.2, 0.25) is 5.91 Å². The molecule has 0 spiro atoms. The smallest absolute Gasteiger partial charge is 0.248 e. The second kappa shape index (κ2) is 10.4. The monoisotopic (exact) mass is 432 g/mol. The maximum Gasteiger partial charge on any atom is 0.248 e. The topological polar surface area (TPSA) is 41.6 Å². The van der Waals surface area contributed by atoms with Crippen molar-refractivity contribution in [2.75, 3.05) is 31.6 Å². The average Bonchev–Trinajstić information content (AvgIpc) is 2.80. The Kier molecular flexibility index (Phi) is 7.15. The Morgan fingerprint density at radius 1 is 0.903 bits per heavy atom. The summed E-state index contributed by atoms with van der Waals surface area (Å²) in [5.74, 6) is -0.156. The van der Waals surface area contributed by atoms with E-state index in [1.54, 1.807) is 6.08 Å². The van der Waals surface area contributed by atoms with Crippen molar-refractivity contribution in [2.45, 2.75) is 6.54 Å². The first-order valence-electron chi connectivity index (χ1n) is 10.4. The van der Waals surface area contributed by atoms with E-state index in [0.29, 0.717) is 5.02 Å². The lowest BCUT2D eigenvalue weighted by molar-refractivity contribution is -0.111. The van der Waals surface area contributed by atoms with Crippen LogP contribution < -0.4 is 5.32 Å². The van der Waals surface area contributed by atoms with Crippen molar-refractivity contribution >= 4 is 29.3 Å². The number of rotatable bonds is 6. The first-order valence-corrected chi connectivity index (χ1v) is 10.8. The highest BCUT2D eigenvalue weighted by atomic mass is 35.5. The number of nitrogens with zero attached hydrogens (tertiary/aromatic N) is 1. The summed E-state index contributed by atoms with van der Waals surface area (Å²) in [7, 11) is 0. The molecule has 0 aromatic heterocycles. The zero-order valence-electron chi connectivity index (χ0n) is 17.3. The number of carbonyl (C=O) groups is 1. The summed E-state index contributed by atoms with van der Waals surface area (Å²) in [4.78, 5) is 14.7. The van der Waals surface area contributed by atoms with E-state index in [1.165, 1.54) is 5.56 Å². The molecule has 4 rings (SSSR count). The van der Waals surface area contributed by atoms with Gasteiger partial charge in [-0.2, -0.15) is 0 Å². The van der Waals surface area contributed by atoms with E-state index in [9.17, 15) is 4.79 Å². The van der Waals surface area contributed by atoms with Crippen LogP contribution in [0.3, 0.4) is 0 Å². The first kappa shape index (κ1) is 21.3. The van der Waals surface area contributed by atoms with Gasteiger partial charge in [0.25, 0.3) is 0 Å². The largest absolute Gasteiger partial charge is 0.379 e. The number of hydrogen-bond donors (Lipinski definition) is 1. The van der Waals surface area contributed by atoms with E-state index < -0.39 is 0 Å². The summed E-state index contributed by atoms with van der Waals surface area (Å²) >= 11 is 5.94. The Bertz CT molecular complexity index is 1020. The number of benzene rings is 3. The Morgan fingerprint density at radius 2 is 1.52 bits per heavy atom. The number of halogens is 1. The van der Waals surface area contributed by atoms with Crippen molar-refractivity contribution in [2.24, 2.45) is 0 Å². The van der Waals surface area contributed by atoms with Gasteiger partial charge in [0, 0.05) is 36.4 Å². The van der Waals surface area contributed by atoms with Gasteiger partial charge in [0.15, 0.2) is 0 Å². The highest BCUT2D eigenvalue weighted by Gasteiger charge is 2.10. The highest BCUT2D eigenvalue weighted by Crippen LogP contribution is 2.23. The third-order valence-corrected chi connectivity index (χ3v) is 5.50. The molecule has 1 aliphatic heterocycles. The second-order valence-corrected chi connectivity index (χ2v) is 7.97. The minimum Gasteiger partial charge on any atom is -0.379 e. The van der Waals surface area contributed by atoms with Crippen LogP contribution in [0.15, 0.2) is 78.9 Å². The van der Waals surface area contributed by atoms with Crippen LogP contribution >= 0.6 is 11.6 Å². The lowest BCUT2D eigenvalue weighted by Gasteiger charge is -2.26. The van der Waals surface area contributed by atoms with E-state index >= 15 is 0 Å². The van der Waals surface area contributed by atoms with Crippen molar-refractivity contribution in [3.8, 4) is 11.1 Å². The molecule has 1 N–H and O–H groups in total. The van der Waals surface area contributed by atoms with Crippen molar-refractivity contribution < 1.29 is 9.53 Å². The van der Waals surface area contributed by atoms with Crippen molar-refractivity contribution in [3.05, 3.63) is 95.0 Å². The van der Waals surface area contributed by atoms with E-state index in [0.717, 1.165) is 55.2 Å². The molecular weight excluding hydrogens is 408 g/mol. The van der Waals surface area contributed by atoms with Crippen molar-refractivity contribution in [3.63, 3.8) is 0 Å². The summed E-state index contributed by atoms with van der Waals surface area (Å²) in [5.41, 5.74) is 5.18. The molecule has 0 atom stereocenters. The van der Waals surface area contributed by atoms with E-state index in [-0.39, 0.29) is 5.91 Å². The van der Waals surface area contributed by atoms with Gasteiger partial charge < -0.3 is 10.1 Å². The fourth-order valence-corrected chi connectivity index (χ4v) is 3.62. The highest BCUT2D eigenvalue weighted by molar-refractivity contribution is 6.30. The molecule has 5 heteroatoms. The lowest BCUT2D eigenvalue weighted by Crippen LogP contribution is -2.35. The van der Waals surface area contributed by atoms with Gasteiger partial charge in [-0.25, -0.2) is 0 Å². The summed E-state index contributed by atoms with van der Waals surface area (Å²) < 4.78 is 5.39. The third kappa shape index (κ3) is 6.28. The Hall–Kier alpha value is -2.92. The quantitative estimate of drug-likeness (QED) is 0.523. The molecule has 31 heavy (non-hydrogen) atoms. The van der Waals surface area contributed by atoms with Crippen LogP contribution in [0.1, 0.15) is 11.1 Å². The average molecular weight is 433 g/mol. The van der Waals surface area contributed by atoms with Gasteiger partial charge in [-0.05, 0) is 52.6 Å². The lowest BCUT2D eigenvalue weighted by atomic mass is 10.1. The molecule has 1 saturated heterocycles. The second-order valence-electron chi connectivity index (χ2n) is 7.54. The van der Waals surface area contributed by atoms with E-state index in [4.69, 9.17) is 16.3 Å². The molecule has 3 aromatic rings. The van der Waals surface area contributed by atoms with Crippen LogP contribution in [0.4, 0.5) is 5.69 Å². The minimum absolute atomic E-state index is 0.156. The maximum absolute atomic E-state index is 12.3. The number of anilines is 1. The molecule has 1 heterocycles. The number of ether oxygens (including phenoxy) is 1. The first-order chi connectivity index (χ1) is 15.2. The Balaban J connectivity index is 1.30. The molecule has 3 aromatic carbocycles. The molecule has 4 nitrogen and oxygen atoms in total. The van der Waals surface area contributed by atoms with Gasteiger partial charge in [-0.1, -0.05) is 60.1 Å².